The quantitative estimate of drug-likeness (QED) is 0.850. The van der Waals surface area contributed by atoms with E-state index in [0.717, 1.165) is 4.47 Å². The topological polar surface area (TPSA) is 29.5 Å². The molecule has 0 spiro atoms. The smallest absolute Gasteiger partial charge is 0.261 e. The number of rotatable bonds is 3. The molecule has 0 aliphatic heterocycles. The molecule has 2 aromatic rings. The summed E-state index contributed by atoms with van der Waals surface area (Å²) in [6, 6.07) is 10.9. The highest BCUT2D eigenvalue weighted by molar-refractivity contribution is 9.10. The summed E-state index contributed by atoms with van der Waals surface area (Å²) >= 11 is 3.33. The van der Waals surface area contributed by atoms with Gasteiger partial charge in [-0.05, 0) is 42.5 Å². The molecule has 1 amide bonds. The second kappa shape index (κ2) is 6.05. The Kier molecular flexibility index (Phi) is 4.39. The zero-order valence-corrected chi connectivity index (χ0v) is 12.6. The fourth-order valence-corrected chi connectivity index (χ4v) is 2.14. The van der Waals surface area contributed by atoms with Gasteiger partial charge in [-0.1, -0.05) is 15.9 Å². The first-order valence-corrected chi connectivity index (χ1v) is 6.69. The van der Waals surface area contributed by atoms with Gasteiger partial charge in [-0.25, -0.2) is 4.39 Å². The van der Waals surface area contributed by atoms with Crippen molar-refractivity contribution in [1.29, 1.82) is 0 Å². The number of carbonyl (C=O) groups excluding carboxylic acids is 1. The molecule has 0 fully saturated rings. The lowest BCUT2D eigenvalue weighted by Gasteiger charge is -2.19. The van der Waals surface area contributed by atoms with E-state index < -0.39 is 0 Å². The third-order valence-corrected chi connectivity index (χ3v) is 3.41. The Morgan fingerprint density at radius 3 is 2.45 bits per heavy atom. The minimum Gasteiger partial charge on any atom is -0.496 e. The number of methoxy groups -OCH3 is 1. The van der Waals surface area contributed by atoms with Crippen molar-refractivity contribution in [3.05, 3.63) is 58.3 Å². The second-order valence-corrected chi connectivity index (χ2v) is 5.10. The molecule has 0 atom stereocenters. The molecule has 0 saturated heterocycles. The van der Waals surface area contributed by atoms with E-state index in [1.807, 2.05) is 0 Å². The molecule has 0 bridgehead atoms. The first kappa shape index (κ1) is 14.5. The Hall–Kier alpha value is -1.88. The lowest BCUT2D eigenvalue weighted by atomic mass is 10.1. The van der Waals surface area contributed by atoms with Crippen molar-refractivity contribution in [2.24, 2.45) is 0 Å². The Morgan fingerprint density at radius 2 is 1.85 bits per heavy atom. The van der Waals surface area contributed by atoms with Crippen LogP contribution in [0.4, 0.5) is 10.1 Å². The normalized spacial score (nSPS) is 10.2. The van der Waals surface area contributed by atoms with E-state index in [4.69, 9.17) is 4.74 Å². The Balaban J connectivity index is 2.33. The number of halogens is 2. The number of hydrogen-bond acceptors (Lipinski definition) is 2. The van der Waals surface area contributed by atoms with Gasteiger partial charge >= 0.3 is 0 Å². The number of amides is 1. The molecule has 5 heteroatoms. The zero-order valence-electron chi connectivity index (χ0n) is 11.1. The lowest BCUT2D eigenvalue weighted by molar-refractivity contribution is 0.0990. The molecule has 0 aliphatic carbocycles. The van der Waals surface area contributed by atoms with Crippen LogP contribution >= 0.6 is 15.9 Å². The first-order chi connectivity index (χ1) is 9.52. The van der Waals surface area contributed by atoms with Gasteiger partial charge in [0.1, 0.15) is 11.6 Å². The summed E-state index contributed by atoms with van der Waals surface area (Å²) in [7, 11) is 3.15. The molecule has 0 unspecified atom stereocenters. The number of anilines is 1. The van der Waals surface area contributed by atoms with Crippen molar-refractivity contribution in [2.75, 3.05) is 19.1 Å². The molecule has 20 heavy (non-hydrogen) atoms. The zero-order chi connectivity index (χ0) is 14.7. The Bertz CT molecular complexity index is 628. The van der Waals surface area contributed by atoms with Gasteiger partial charge in [-0.2, -0.15) is 0 Å². The van der Waals surface area contributed by atoms with Crippen molar-refractivity contribution >= 4 is 27.5 Å². The van der Waals surface area contributed by atoms with Gasteiger partial charge in [0.15, 0.2) is 0 Å². The van der Waals surface area contributed by atoms with Crippen LogP contribution < -0.4 is 9.64 Å². The summed E-state index contributed by atoms with van der Waals surface area (Å²) in [5, 5.41) is 0. The molecule has 0 saturated carbocycles. The lowest BCUT2D eigenvalue weighted by Crippen LogP contribution is -2.26. The molecule has 104 valence electrons. The predicted molar refractivity (Wildman–Crippen MR) is 79.8 cm³/mol. The fraction of sp³-hybridized carbons (Fsp3) is 0.133. The number of carbonyl (C=O) groups is 1. The minimum absolute atomic E-state index is 0.221. The van der Waals surface area contributed by atoms with Crippen LogP contribution in [0.2, 0.25) is 0 Å². The monoisotopic (exact) mass is 337 g/mol. The van der Waals surface area contributed by atoms with Crippen LogP contribution in [-0.4, -0.2) is 20.1 Å². The predicted octanol–water partition coefficient (Wildman–Crippen LogP) is 3.87. The number of benzene rings is 2. The Labute approximate surface area is 125 Å². The second-order valence-electron chi connectivity index (χ2n) is 4.19. The van der Waals surface area contributed by atoms with Gasteiger partial charge in [-0.3, -0.25) is 4.79 Å². The average molecular weight is 338 g/mol. The first-order valence-electron chi connectivity index (χ1n) is 5.90. The molecule has 0 N–H and O–H groups in total. The maximum Gasteiger partial charge on any atom is 0.261 e. The van der Waals surface area contributed by atoms with Crippen LogP contribution in [0, 0.1) is 5.82 Å². The maximum absolute atomic E-state index is 12.9. The van der Waals surface area contributed by atoms with Gasteiger partial charge in [0.2, 0.25) is 0 Å². The summed E-state index contributed by atoms with van der Waals surface area (Å²) in [6.07, 6.45) is 0. The van der Waals surface area contributed by atoms with Gasteiger partial charge in [-0.15, -0.1) is 0 Å². The van der Waals surface area contributed by atoms with E-state index in [0.29, 0.717) is 17.0 Å². The maximum atomic E-state index is 12.9. The van der Waals surface area contributed by atoms with Crippen molar-refractivity contribution in [2.45, 2.75) is 0 Å². The van der Waals surface area contributed by atoms with Gasteiger partial charge in [0, 0.05) is 17.2 Å². The summed E-state index contributed by atoms with van der Waals surface area (Å²) < 4.78 is 19.0. The molecule has 2 rings (SSSR count). The molecule has 2 aromatic carbocycles. The van der Waals surface area contributed by atoms with E-state index in [-0.39, 0.29) is 11.7 Å². The third-order valence-electron chi connectivity index (χ3n) is 2.91. The standard InChI is InChI=1S/C15H13BrFNO2/c1-18(12-6-4-11(17)5-7-12)15(19)13-8-3-10(16)9-14(13)20-2/h3-9H,1-2H3. The molecular formula is C15H13BrFNO2. The van der Waals surface area contributed by atoms with Gasteiger partial charge < -0.3 is 9.64 Å². The summed E-state index contributed by atoms with van der Waals surface area (Å²) in [5.41, 5.74) is 1.06. The van der Waals surface area contributed by atoms with E-state index in [9.17, 15) is 9.18 Å². The minimum atomic E-state index is -0.337. The fourth-order valence-electron chi connectivity index (χ4n) is 1.80. The number of nitrogens with zero attached hydrogens (tertiary/aromatic N) is 1. The van der Waals surface area contributed by atoms with Crippen LogP contribution in [0.25, 0.3) is 0 Å². The molecule has 0 aliphatic rings. The summed E-state index contributed by atoms with van der Waals surface area (Å²) in [4.78, 5) is 13.9. The number of hydrogen-bond donors (Lipinski definition) is 0. The van der Waals surface area contributed by atoms with Crippen molar-refractivity contribution in [1.82, 2.24) is 0 Å². The summed E-state index contributed by atoms with van der Waals surface area (Å²) in [6.45, 7) is 0. The van der Waals surface area contributed by atoms with E-state index in [2.05, 4.69) is 15.9 Å². The van der Waals surface area contributed by atoms with Crippen LogP contribution in [0.3, 0.4) is 0 Å². The molecule has 0 radical (unpaired) electrons. The van der Waals surface area contributed by atoms with Crippen LogP contribution in [0.15, 0.2) is 46.9 Å². The molecule has 3 nitrogen and oxygen atoms in total. The highest BCUT2D eigenvalue weighted by Gasteiger charge is 2.18. The molecule has 0 aromatic heterocycles. The van der Waals surface area contributed by atoms with E-state index in [1.165, 1.54) is 24.1 Å². The van der Waals surface area contributed by atoms with Crippen molar-refractivity contribution in [3.63, 3.8) is 0 Å². The largest absolute Gasteiger partial charge is 0.496 e. The van der Waals surface area contributed by atoms with Crippen molar-refractivity contribution in [3.8, 4) is 5.75 Å². The van der Waals surface area contributed by atoms with Crippen LogP contribution in [0.5, 0.6) is 5.75 Å². The van der Waals surface area contributed by atoms with E-state index in [1.54, 1.807) is 37.4 Å². The highest BCUT2D eigenvalue weighted by atomic mass is 79.9. The van der Waals surface area contributed by atoms with Crippen molar-refractivity contribution < 1.29 is 13.9 Å². The van der Waals surface area contributed by atoms with E-state index >= 15 is 0 Å². The highest BCUT2D eigenvalue weighted by Crippen LogP contribution is 2.26. The third kappa shape index (κ3) is 2.99. The van der Waals surface area contributed by atoms with Gasteiger partial charge in [0.25, 0.3) is 5.91 Å². The van der Waals surface area contributed by atoms with Crippen LogP contribution in [-0.2, 0) is 0 Å². The molecular weight excluding hydrogens is 325 g/mol. The SMILES string of the molecule is COc1cc(Br)ccc1C(=O)N(C)c1ccc(F)cc1. The summed E-state index contributed by atoms with van der Waals surface area (Å²) in [5.74, 6) is -0.0740. The van der Waals surface area contributed by atoms with Crippen LogP contribution in [0.1, 0.15) is 10.4 Å². The Morgan fingerprint density at radius 1 is 1.20 bits per heavy atom. The average Bonchev–Trinajstić information content (AvgIpc) is 2.46. The van der Waals surface area contributed by atoms with Gasteiger partial charge in [0.05, 0.1) is 12.7 Å². The number of ether oxygens (including phenoxy) is 1. The molecule has 0 heterocycles.